The number of hydrogen-bond donors (Lipinski definition) is 1. The Hall–Kier alpha value is -1.06. The summed E-state index contributed by atoms with van der Waals surface area (Å²) in [6, 6.07) is 10.5. The van der Waals surface area contributed by atoms with E-state index in [-0.39, 0.29) is 10.8 Å². The van der Waals surface area contributed by atoms with Crippen molar-refractivity contribution in [1.29, 1.82) is 0 Å². The summed E-state index contributed by atoms with van der Waals surface area (Å²) in [7, 11) is 0. The summed E-state index contributed by atoms with van der Waals surface area (Å²) in [6.45, 7) is 6.93. The van der Waals surface area contributed by atoms with Gasteiger partial charge in [-0.25, -0.2) is 0 Å². The number of ketones is 1. The molecule has 5 rings (SSSR count). The Morgan fingerprint density at radius 3 is 2.47 bits per heavy atom. The number of aliphatic hydroxyl groups is 1. The van der Waals surface area contributed by atoms with E-state index in [0.717, 1.165) is 37.0 Å². The van der Waals surface area contributed by atoms with Gasteiger partial charge < -0.3 is 5.11 Å². The van der Waals surface area contributed by atoms with E-state index in [1.165, 1.54) is 29.7 Å². The molecule has 2 nitrogen and oxygen atoms in total. The van der Waals surface area contributed by atoms with Crippen molar-refractivity contribution in [2.75, 3.05) is 5.75 Å². The van der Waals surface area contributed by atoms with Crippen LogP contribution in [0.1, 0.15) is 72.1 Å². The topological polar surface area (TPSA) is 37.3 Å². The molecule has 0 radical (unpaired) electrons. The highest BCUT2D eigenvalue weighted by atomic mass is 32.2. The molecule has 30 heavy (non-hydrogen) atoms. The van der Waals surface area contributed by atoms with E-state index in [4.69, 9.17) is 0 Å². The van der Waals surface area contributed by atoms with E-state index in [1.54, 1.807) is 0 Å². The van der Waals surface area contributed by atoms with Gasteiger partial charge in [0, 0.05) is 22.6 Å². The van der Waals surface area contributed by atoms with Gasteiger partial charge >= 0.3 is 0 Å². The second-order valence-corrected chi connectivity index (χ2v) is 12.1. The van der Waals surface area contributed by atoms with Crippen LogP contribution in [0.25, 0.3) is 0 Å². The van der Waals surface area contributed by atoms with Crippen LogP contribution in [-0.4, -0.2) is 22.2 Å². The highest BCUT2D eigenvalue weighted by Gasteiger charge is 2.62. The number of allylic oxidation sites excluding steroid dienone is 1. The number of carbonyl (C=O) groups excluding carboxylic acids is 1. The SMILES string of the molecule is C[C@]12CCC(=O)C(CSc3ccccc3)=C1CC[C@H]1[C@H]3CC[C@](C)(O)[C@@]3(C)CC[C@@H]12. The summed E-state index contributed by atoms with van der Waals surface area (Å²) >= 11 is 1.82. The molecule has 0 unspecified atom stereocenters. The van der Waals surface area contributed by atoms with Crippen LogP contribution < -0.4 is 0 Å². The summed E-state index contributed by atoms with van der Waals surface area (Å²) < 4.78 is 0. The molecular weight excluding hydrogens is 388 g/mol. The van der Waals surface area contributed by atoms with Crippen LogP contribution in [0, 0.1) is 28.6 Å². The second kappa shape index (κ2) is 7.24. The first-order valence-corrected chi connectivity index (χ1v) is 12.9. The number of thioether (sulfide) groups is 1. The van der Waals surface area contributed by atoms with E-state index >= 15 is 0 Å². The van der Waals surface area contributed by atoms with E-state index < -0.39 is 5.60 Å². The minimum atomic E-state index is -0.514. The average Bonchev–Trinajstić information content (AvgIpc) is 2.98. The molecule has 0 bridgehead atoms. The van der Waals surface area contributed by atoms with Gasteiger partial charge in [-0.3, -0.25) is 4.79 Å². The van der Waals surface area contributed by atoms with E-state index in [1.807, 2.05) is 17.8 Å². The summed E-state index contributed by atoms with van der Waals surface area (Å²) in [6.07, 6.45) is 8.51. The average molecular weight is 425 g/mol. The van der Waals surface area contributed by atoms with Gasteiger partial charge in [-0.1, -0.05) is 37.6 Å². The van der Waals surface area contributed by atoms with Gasteiger partial charge in [0.1, 0.15) is 0 Å². The fraction of sp³-hybridized carbons (Fsp3) is 0.667. The molecule has 0 amide bonds. The Morgan fingerprint density at radius 1 is 0.967 bits per heavy atom. The van der Waals surface area contributed by atoms with Gasteiger partial charge in [0.25, 0.3) is 0 Å². The molecule has 0 spiro atoms. The maximum atomic E-state index is 13.0. The predicted octanol–water partition coefficient (Wildman–Crippen LogP) is 6.43. The Morgan fingerprint density at radius 2 is 1.70 bits per heavy atom. The molecule has 3 saturated carbocycles. The lowest BCUT2D eigenvalue weighted by Gasteiger charge is -2.59. The molecule has 162 valence electrons. The van der Waals surface area contributed by atoms with Crippen molar-refractivity contribution in [2.45, 2.75) is 82.6 Å². The second-order valence-electron chi connectivity index (χ2n) is 11.1. The quantitative estimate of drug-likeness (QED) is 0.568. The Kier molecular flexibility index (Phi) is 5.02. The van der Waals surface area contributed by atoms with E-state index in [9.17, 15) is 9.90 Å². The number of fused-ring (bicyclic) bond motifs is 5. The minimum absolute atomic E-state index is 0.0716. The number of rotatable bonds is 3. The fourth-order valence-corrected chi connectivity index (χ4v) is 8.90. The largest absolute Gasteiger partial charge is 0.390 e. The van der Waals surface area contributed by atoms with Gasteiger partial charge in [0.05, 0.1) is 5.60 Å². The van der Waals surface area contributed by atoms with Gasteiger partial charge in [-0.2, -0.15) is 0 Å². The van der Waals surface area contributed by atoms with Crippen LogP contribution >= 0.6 is 11.8 Å². The number of carbonyl (C=O) groups is 1. The molecule has 6 atom stereocenters. The first-order valence-electron chi connectivity index (χ1n) is 11.9. The van der Waals surface area contributed by atoms with Gasteiger partial charge in [0.2, 0.25) is 0 Å². The standard InChI is InChI=1S/C27H36O2S/c1-25-14-13-24(28)20(17-30-18-7-5-4-6-8-18)21(25)10-9-19-22(25)11-15-26(2)23(19)12-16-27(26,3)29/h4-8,19,22-23,29H,9-17H2,1-3H3/t19-,22+,23-,25+,26+,27+/m1/s1. The van der Waals surface area contributed by atoms with Crippen molar-refractivity contribution < 1.29 is 9.90 Å². The summed E-state index contributed by atoms with van der Waals surface area (Å²) in [5, 5.41) is 11.1. The molecule has 1 aromatic carbocycles. The Balaban J connectivity index is 1.44. The zero-order valence-corrected chi connectivity index (χ0v) is 19.6. The van der Waals surface area contributed by atoms with Crippen LogP contribution in [0.4, 0.5) is 0 Å². The molecule has 1 N–H and O–H groups in total. The third-order valence-electron chi connectivity index (χ3n) is 9.93. The van der Waals surface area contributed by atoms with E-state index in [2.05, 4.69) is 45.0 Å². The molecule has 4 aliphatic rings. The zero-order chi connectivity index (χ0) is 21.1. The monoisotopic (exact) mass is 424 g/mol. The predicted molar refractivity (Wildman–Crippen MR) is 123 cm³/mol. The molecule has 3 heteroatoms. The van der Waals surface area contributed by atoms with Gasteiger partial charge in [-0.15, -0.1) is 11.8 Å². The van der Waals surface area contributed by atoms with Crippen molar-refractivity contribution in [3.05, 3.63) is 41.5 Å². The van der Waals surface area contributed by atoms with Crippen molar-refractivity contribution in [3.8, 4) is 0 Å². The van der Waals surface area contributed by atoms with Gasteiger partial charge in [0.15, 0.2) is 5.78 Å². The first-order chi connectivity index (χ1) is 14.3. The minimum Gasteiger partial charge on any atom is -0.390 e. The molecule has 0 saturated heterocycles. The zero-order valence-electron chi connectivity index (χ0n) is 18.7. The number of hydrogen-bond acceptors (Lipinski definition) is 3. The lowest BCUT2D eigenvalue weighted by molar-refractivity contribution is -0.125. The number of benzene rings is 1. The molecule has 1 aromatic rings. The Labute approximate surface area is 185 Å². The lowest BCUT2D eigenvalue weighted by atomic mass is 9.46. The highest BCUT2D eigenvalue weighted by molar-refractivity contribution is 7.99. The van der Waals surface area contributed by atoms with Crippen LogP contribution in [-0.2, 0) is 4.79 Å². The van der Waals surface area contributed by atoms with Crippen molar-refractivity contribution in [2.24, 2.45) is 28.6 Å². The first kappa shape index (κ1) is 20.8. The summed E-state index contributed by atoms with van der Waals surface area (Å²) in [4.78, 5) is 14.2. The maximum absolute atomic E-state index is 13.0. The summed E-state index contributed by atoms with van der Waals surface area (Å²) in [5.41, 5.74) is 2.38. The fourth-order valence-electron chi connectivity index (χ4n) is 7.91. The highest BCUT2D eigenvalue weighted by Crippen LogP contribution is 2.67. The smallest absolute Gasteiger partial charge is 0.159 e. The third kappa shape index (κ3) is 2.98. The van der Waals surface area contributed by atoms with Crippen molar-refractivity contribution in [1.82, 2.24) is 0 Å². The van der Waals surface area contributed by atoms with Crippen molar-refractivity contribution >= 4 is 17.5 Å². The molecule has 0 aliphatic heterocycles. The van der Waals surface area contributed by atoms with Crippen LogP contribution in [0.5, 0.6) is 0 Å². The van der Waals surface area contributed by atoms with Crippen molar-refractivity contribution in [3.63, 3.8) is 0 Å². The normalized spacial score (nSPS) is 43.2. The van der Waals surface area contributed by atoms with Gasteiger partial charge in [-0.05, 0) is 92.6 Å². The third-order valence-corrected chi connectivity index (χ3v) is 11.0. The molecule has 3 fully saturated rings. The molecule has 4 aliphatic carbocycles. The lowest BCUT2D eigenvalue weighted by Crippen LogP contribution is -2.54. The van der Waals surface area contributed by atoms with E-state index in [0.29, 0.717) is 30.0 Å². The molecule has 0 heterocycles. The number of Topliss-reactive ketones (excluding diaryl/α,β-unsaturated/α-hetero) is 1. The van der Waals surface area contributed by atoms with Crippen LogP contribution in [0.2, 0.25) is 0 Å². The maximum Gasteiger partial charge on any atom is 0.159 e. The molecular formula is C27H36O2S. The Bertz CT molecular complexity index is 872. The molecule has 0 aromatic heterocycles. The van der Waals surface area contributed by atoms with Crippen LogP contribution in [0.15, 0.2) is 46.4 Å². The summed E-state index contributed by atoms with van der Waals surface area (Å²) in [5.74, 6) is 3.25. The van der Waals surface area contributed by atoms with Crippen LogP contribution in [0.3, 0.4) is 0 Å².